The van der Waals surface area contributed by atoms with Crippen molar-refractivity contribution < 1.29 is 4.79 Å². The first-order valence-electron chi connectivity index (χ1n) is 7.25. The fourth-order valence-corrected chi connectivity index (χ4v) is 3.45. The Labute approximate surface area is 128 Å². The molecule has 1 heterocycles. The van der Waals surface area contributed by atoms with Crippen molar-refractivity contribution in [2.75, 3.05) is 19.6 Å². The molecule has 3 rings (SSSR count). The first-order valence-corrected chi connectivity index (χ1v) is 8.04. The molecule has 1 aliphatic carbocycles. The van der Waals surface area contributed by atoms with E-state index in [-0.39, 0.29) is 10.8 Å². The summed E-state index contributed by atoms with van der Waals surface area (Å²) < 4.78 is 1.06. The van der Waals surface area contributed by atoms with Crippen LogP contribution in [-0.2, 0) is 10.2 Å². The molecule has 4 heteroatoms. The number of nitrogens with two attached hydrogens (primary N) is 1. The van der Waals surface area contributed by atoms with Crippen LogP contribution in [0, 0.1) is 5.41 Å². The zero-order valence-corrected chi connectivity index (χ0v) is 13.4. The van der Waals surface area contributed by atoms with E-state index in [2.05, 4.69) is 35.0 Å². The van der Waals surface area contributed by atoms with Crippen LogP contribution in [0.2, 0.25) is 0 Å². The van der Waals surface area contributed by atoms with Crippen molar-refractivity contribution >= 4 is 21.8 Å². The van der Waals surface area contributed by atoms with E-state index >= 15 is 0 Å². The lowest BCUT2D eigenvalue weighted by Crippen LogP contribution is -2.40. The number of rotatable bonds is 3. The third-order valence-corrected chi connectivity index (χ3v) is 5.42. The average molecular weight is 337 g/mol. The summed E-state index contributed by atoms with van der Waals surface area (Å²) >= 11 is 3.45. The topological polar surface area (TPSA) is 46.3 Å². The van der Waals surface area contributed by atoms with E-state index in [1.54, 1.807) is 0 Å². The Balaban J connectivity index is 1.79. The van der Waals surface area contributed by atoms with Gasteiger partial charge in [-0.2, -0.15) is 0 Å². The van der Waals surface area contributed by atoms with Crippen LogP contribution in [0.15, 0.2) is 28.7 Å². The van der Waals surface area contributed by atoms with Gasteiger partial charge in [-0.3, -0.25) is 4.79 Å². The Morgan fingerprint density at radius 1 is 1.30 bits per heavy atom. The highest BCUT2D eigenvalue weighted by Crippen LogP contribution is 2.50. The molecule has 1 saturated carbocycles. The van der Waals surface area contributed by atoms with Gasteiger partial charge in [-0.15, -0.1) is 0 Å². The maximum Gasteiger partial charge on any atom is 0.233 e. The lowest BCUT2D eigenvalue weighted by molar-refractivity contribution is -0.133. The van der Waals surface area contributed by atoms with Crippen molar-refractivity contribution in [2.45, 2.75) is 31.6 Å². The highest BCUT2D eigenvalue weighted by molar-refractivity contribution is 9.10. The van der Waals surface area contributed by atoms with Crippen molar-refractivity contribution in [2.24, 2.45) is 11.1 Å². The summed E-state index contributed by atoms with van der Waals surface area (Å²) in [5.41, 5.74) is 6.85. The molecule has 1 amide bonds. The number of hydrogen-bond acceptors (Lipinski definition) is 2. The lowest BCUT2D eigenvalue weighted by Gasteiger charge is -2.26. The summed E-state index contributed by atoms with van der Waals surface area (Å²) in [6.07, 6.45) is 2.97. The molecule has 1 aromatic rings. The molecule has 1 aromatic carbocycles. The van der Waals surface area contributed by atoms with Crippen LogP contribution >= 0.6 is 15.9 Å². The second kappa shape index (κ2) is 4.85. The van der Waals surface area contributed by atoms with Gasteiger partial charge < -0.3 is 10.6 Å². The maximum atomic E-state index is 12.9. The third kappa shape index (κ3) is 2.29. The number of nitrogens with zero attached hydrogens (tertiary/aromatic N) is 1. The van der Waals surface area contributed by atoms with Gasteiger partial charge in [0.05, 0.1) is 5.41 Å². The number of carbonyl (C=O) groups excluding carboxylic acids is 1. The van der Waals surface area contributed by atoms with Gasteiger partial charge in [-0.05, 0) is 48.9 Å². The highest BCUT2D eigenvalue weighted by Gasteiger charge is 2.54. The number of hydrogen-bond donors (Lipinski definition) is 1. The smallest absolute Gasteiger partial charge is 0.233 e. The van der Waals surface area contributed by atoms with Crippen LogP contribution < -0.4 is 5.73 Å². The van der Waals surface area contributed by atoms with Gasteiger partial charge in [-0.1, -0.05) is 35.0 Å². The van der Waals surface area contributed by atoms with E-state index in [0.717, 1.165) is 42.4 Å². The van der Waals surface area contributed by atoms with Crippen LogP contribution in [0.3, 0.4) is 0 Å². The van der Waals surface area contributed by atoms with E-state index in [1.807, 2.05) is 17.0 Å². The SMILES string of the molecule is CC1(CN)CCN(C(=O)C2(c3ccc(Br)cc3)CC2)C1. The van der Waals surface area contributed by atoms with Crippen molar-refractivity contribution in [1.29, 1.82) is 0 Å². The Bertz CT molecular complexity index is 524. The fourth-order valence-electron chi connectivity index (χ4n) is 3.19. The number of halogens is 1. The molecular formula is C16H21BrN2O. The standard InChI is InChI=1S/C16H21BrN2O/c1-15(10-18)8-9-19(11-15)14(20)16(6-7-16)12-2-4-13(17)5-3-12/h2-5H,6-11,18H2,1H3. The molecule has 2 fully saturated rings. The van der Waals surface area contributed by atoms with E-state index in [4.69, 9.17) is 5.73 Å². The zero-order chi connectivity index (χ0) is 14.4. The normalized spacial score (nSPS) is 27.6. The van der Waals surface area contributed by atoms with E-state index in [0.29, 0.717) is 12.5 Å². The van der Waals surface area contributed by atoms with Gasteiger partial charge >= 0.3 is 0 Å². The lowest BCUT2D eigenvalue weighted by atomic mass is 9.90. The number of carbonyl (C=O) groups is 1. The molecule has 1 atom stereocenters. The van der Waals surface area contributed by atoms with Gasteiger partial charge in [0.25, 0.3) is 0 Å². The van der Waals surface area contributed by atoms with Crippen LogP contribution in [-0.4, -0.2) is 30.4 Å². The first-order chi connectivity index (χ1) is 9.49. The molecule has 2 aliphatic rings. The van der Waals surface area contributed by atoms with Crippen molar-refractivity contribution in [3.8, 4) is 0 Å². The maximum absolute atomic E-state index is 12.9. The first kappa shape index (κ1) is 14.1. The summed E-state index contributed by atoms with van der Waals surface area (Å²) in [6.45, 7) is 4.49. The Kier molecular flexibility index (Phi) is 3.41. The van der Waals surface area contributed by atoms with Crippen LogP contribution in [0.25, 0.3) is 0 Å². The molecular weight excluding hydrogens is 316 g/mol. The molecule has 2 N–H and O–H groups in total. The Hall–Kier alpha value is -0.870. The minimum atomic E-state index is -0.249. The minimum absolute atomic E-state index is 0.103. The predicted molar refractivity (Wildman–Crippen MR) is 83.4 cm³/mol. The zero-order valence-electron chi connectivity index (χ0n) is 11.9. The molecule has 1 aliphatic heterocycles. The average Bonchev–Trinajstić information content (AvgIpc) is 3.17. The quantitative estimate of drug-likeness (QED) is 0.922. The van der Waals surface area contributed by atoms with Gasteiger partial charge in [-0.25, -0.2) is 0 Å². The largest absolute Gasteiger partial charge is 0.341 e. The summed E-state index contributed by atoms with van der Waals surface area (Å²) in [5, 5.41) is 0. The molecule has 108 valence electrons. The Morgan fingerprint density at radius 3 is 2.45 bits per heavy atom. The van der Waals surface area contributed by atoms with E-state index < -0.39 is 0 Å². The molecule has 0 spiro atoms. The Morgan fingerprint density at radius 2 is 1.95 bits per heavy atom. The van der Waals surface area contributed by atoms with Crippen molar-refractivity contribution in [3.63, 3.8) is 0 Å². The molecule has 3 nitrogen and oxygen atoms in total. The molecule has 1 unspecified atom stereocenters. The molecule has 0 bridgehead atoms. The fraction of sp³-hybridized carbons (Fsp3) is 0.562. The van der Waals surface area contributed by atoms with E-state index in [1.165, 1.54) is 0 Å². The van der Waals surface area contributed by atoms with Crippen LogP contribution in [0.5, 0.6) is 0 Å². The second-order valence-corrected chi connectivity index (χ2v) is 7.50. The molecule has 1 saturated heterocycles. The van der Waals surface area contributed by atoms with Crippen LogP contribution in [0.4, 0.5) is 0 Å². The van der Waals surface area contributed by atoms with Crippen molar-refractivity contribution in [3.05, 3.63) is 34.3 Å². The van der Waals surface area contributed by atoms with Gasteiger partial charge in [0.15, 0.2) is 0 Å². The second-order valence-electron chi connectivity index (χ2n) is 6.58. The molecule has 0 radical (unpaired) electrons. The molecule has 0 aromatic heterocycles. The highest BCUT2D eigenvalue weighted by atomic mass is 79.9. The van der Waals surface area contributed by atoms with Gasteiger partial charge in [0.1, 0.15) is 0 Å². The number of benzene rings is 1. The minimum Gasteiger partial charge on any atom is -0.341 e. The van der Waals surface area contributed by atoms with Gasteiger partial charge in [0.2, 0.25) is 5.91 Å². The monoisotopic (exact) mass is 336 g/mol. The third-order valence-electron chi connectivity index (χ3n) is 4.89. The number of likely N-dealkylation sites (tertiary alicyclic amines) is 1. The van der Waals surface area contributed by atoms with Crippen molar-refractivity contribution in [1.82, 2.24) is 4.90 Å². The molecule has 20 heavy (non-hydrogen) atoms. The number of amides is 1. The van der Waals surface area contributed by atoms with E-state index in [9.17, 15) is 4.79 Å². The summed E-state index contributed by atoms with van der Waals surface area (Å²) in [5.74, 6) is 0.303. The summed E-state index contributed by atoms with van der Waals surface area (Å²) in [4.78, 5) is 14.9. The van der Waals surface area contributed by atoms with Crippen LogP contribution in [0.1, 0.15) is 31.7 Å². The predicted octanol–water partition coefficient (Wildman–Crippen LogP) is 2.68. The summed E-state index contributed by atoms with van der Waals surface area (Å²) in [7, 11) is 0. The van der Waals surface area contributed by atoms with Gasteiger partial charge in [0, 0.05) is 17.6 Å². The summed E-state index contributed by atoms with van der Waals surface area (Å²) in [6, 6.07) is 8.20.